The predicted octanol–water partition coefficient (Wildman–Crippen LogP) is 4.02. The fourth-order valence-electron chi connectivity index (χ4n) is 3.19. The molecule has 0 aliphatic heterocycles. The van der Waals surface area contributed by atoms with E-state index in [1.54, 1.807) is 24.1 Å². The fraction of sp³-hybridized carbons (Fsp3) is 0.273. The van der Waals surface area contributed by atoms with E-state index in [2.05, 4.69) is 11.4 Å². The van der Waals surface area contributed by atoms with E-state index < -0.39 is 0 Å². The highest BCUT2D eigenvalue weighted by molar-refractivity contribution is 6.03. The van der Waals surface area contributed by atoms with Gasteiger partial charge in [0.2, 0.25) is 11.8 Å². The van der Waals surface area contributed by atoms with E-state index in [9.17, 15) is 9.59 Å². The molecule has 0 radical (unpaired) electrons. The van der Waals surface area contributed by atoms with E-state index in [1.165, 1.54) is 0 Å². The molecule has 5 heteroatoms. The number of hydrogen-bond acceptors (Lipinski definition) is 3. The minimum absolute atomic E-state index is 0.00802. The molecule has 1 atom stereocenters. The zero-order chi connectivity index (χ0) is 19.1. The second kappa shape index (κ2) is 9.03. The van der Waals surface area contributed by atoms with Gasteiger partial charge in [-0.15, -0.1) is 0 Å². The monoisotopic (exact) mass is 364 g/mol. The van der Waals surface area contributed by atoms with Gasteiger partial charge in [-0.1, -0.05) is 36.4 Å². The van der Waals surface area contributed by atoms with Crippen LogP contribution in [-0.2, 0) is 9.59 Å². The summed E-state index contributed by atoms with van der Waals surface area (Å²) < 4.78 is 5.18. The topological polar surface area (TPSA) is 58.6 Å². The van der Waals surface area contributed by atoms with E-state index in [1.807, 2.05) is 48.5 Å². The molecule has 5 nitrogen and oxygen atoms in total. The Hall–Kier alpha value is -3.08. The standard InChI is InChI=1S/C22H24N2O3/c1-27-20-14-8-11-18(15-20)23-21(25)16-24(19-12-6-3-7-13-19)22(26)17-9-4-2-5-10-17/h2-4,6-8,11-15,17H,5,9-10,16H2,1H3,(H,23,25)/t17-/m1/s1. The van der Waals surface area contributed by atoms with Crippen molar-refractivity contribution in [3.05, 3.63) is 66.7 Å². The van der Waals surface area contributed by atoms with Gasteiger partial charge in [0.25, 0.3) is 0 Å². The van der Waals surface area contributed by atoms with Crippen LogP contribution in [0.1, 0.15) is 19.3 Å². The zero-order valence-corrected chi connectivity index (χ0v) is 15.4. The fourth-order valence-corrected chi connectivity index (χ4v) is 3.19. The van der Waals surface area contributed by atoms with Crippen LogP contribution in [0.3, 0.4) is 0 Å². The van der Waals surface area contributed by atoms with Crippen LogP contribution < -0.4 is 15.0 Å². The van der Waals surface area contributed by atoms with Crippen LogP contribution in [0.4, 0.5) is 11.4 Å². The Labute approximate surface area is 159 Å². The highest BCUT2D eigenvalue weighted by Gasteiger charge is 2.27. The lowest BCUT2D eigenvalue weighted by atomic mass is 9.93. The highest BCUT2D eigenvalue weighted by Crippen LogP contribution is 2.24. The van der Waals surface area contributed by atoms with Gasteiger partial charge in [0, 0.05) is 23.4 Å². The van der Waals surface area contributed by atoms with Crippen molar-refractivity contribution >= 4 is 23.2 Å². The smallest absolute Gasteiger partial charge is 0.244 e. The molecule has 140 valence electrons. The first-order valence-electron chi connectivity index (χ1n) is 9.12. The maximum atomic E-state index is 13.1. The van der Waals surface area contributed by atoms with Crippen LogP contribution in [0, 0.1) is 5.92 Å². The molecule has 0 saturated heterocycles. The van der Waals surface area contributed by atoms with E-state index in [-0.39, 0.29) is 24.3 Å². The Kier molecular flexibility index (Phi) is 6.26. The largest absolute Gasteiger partial charge is 0.497 e. The lowest BCUT2D eigenvalue weighted by Crippen LogP contribution is -2.41. The average Bonchev–Trinajstić information content (AvgIpc) is 2.73. The van der Waals surface area contributed by atoms with Gasteiger partial charge in [0.1, 0.15) is 12.3 Å². The number of ether oxygens (including phenoxy) is 1. The lowest BCUT2D eigenvalue weighted by molar-refractivity contribution is -0.124. The van der Waals surface area contributed by atoms with Gasteiger partial charge >= 0.3 is 0 Å². The van der Waals surface area contributed by atoms with Gasteiger partial charge in [0.05, 0.1) is 7.11 Å². The third kappa shape index (κ3) is 4.97. The van der Waals surface area contributed by atoms with Crippen molar-refractivity contribution in [3.8, 4) is 5.75 Å². The zero-order valence-electron chi connectivity index (χ0n) is 15.4. The third-order valence-corrected chi connectivity index (χ3v) is 4.61. The Morgan fingerprint density at radius 1 is 1.11 bits per heavy atom. The normalized spacial score (nSPS) is 15.8. The van der Waals surface area contributed by atoms with E-state index >= 15 is 0 Å². The minimum Gasteiger partial charge on any atom is -0.497 e. The highest BCUT2D eigenvalue weighted by atomic mass is 16.5. The molecule has 1 aliphatic rings. The summed E-state index contributed by atoms with van der Waals surface area (Å²) in [5.41, 5.74) is 1.37. The van der Waals surface area contributed by atoms with E-state index in [0.29, 0.717) is 11.4 Å². The molecular formula is C22H24N2O3. The van der Waals surface area contributed by atoms with E-state index in [4.69, 9.17) is 4.74 Å². The summed E-state index contributed by atoms with van der Waals surface area (Å²) >= 11 is 0. The Balaban J connectivity index is 1.75. The molecule has 2 aromatic carbocycles. The van der Waals surface area contributed by atoms with Crippen LogP contribution in [0.5, 0.6) is 5.75 Å². The SMILES string of the molecule is COc1cccc(NC(=O)CN(C(=O)[C@@H]2CC=CCC2)c2ccccc2)c1. The maximum absolute atomic E-state index is 13.1. The number of methoxy groups -OCH3 is 1. The van der Waals surface area contributed by atoms with Crippen LogP contribution in [-0.4, -0.2) is 25.5 Å². The maximum Gasteiger partial charge on any atom is 0.244 e. The summed E-state index contributed by atoms with van der Waals surface area (Å²) in [6, 6.07) is 16.5. The number of rotatable bonds is 6. The van der Waals surface area contributed by atoms with Crippen LogP contribution in [0.15, 0.2) is 66.7 Å². The first-order valence-corrected chi connectivity index (χ1v) is 9.12. The molecule has 0 heterocycles. The molecule has 0 bridgehead atoms. The molecule has 0 aromatic heterocycles. The molecule has 27 heavy (non-hydrogen) atoms. The van der Waals surface area contributed by atoms with Crippen LogP contribution in [0.25, 0.3) is 0 Å². The molecule has 0 spiro atoms. The number of nitrogens with one attached hydrogen (secondary N) is 1. The molecule has 0 unspecified atom stereocenters. The Morgan fingerprint density at radius 2 is 1.93 bits per heavy atom. The Morgan fingerprint density at radius 3 is 2.63 bits per heavy atom. The number of nitrogens with zero attached hydrogens (tertiary/aromatic N) is 1. The van der Waals surface area contributed by atoms with Crippen molar-refractivity contribution in [2.24, 2.45) is 5.92 Å². The first-order chi connectivity index (χ1) is 13.2. The second-order valence-corrected chi connectivity index (χ2v) is 6.52. The summed E-state index contributed by atoms with van der Waals surface area (Å²) in [5.74, 6) is 0.329. The van der Waals surface area contributed by atoms with Crippen molar-refractivity contribution in [1.29, 1.82) is 0 Å². The number of para-hydroxylation sites is 1. The summed E-state index contributed by atoms with van der Waals surface area (Å²) in [5, 5.41) is 2.85. The van der Waals surface area contributed by atoms with Gasteiger partial charge in [-0.05, 0) is 43.5 Å². The molecule has 1 aliphatic carbocycles. The number of benzene rings is 2. The summed E-state index contributed by atoms with van der Waals surface area (Å²) in [4.78, 5) is 27.3. The van der Waals surface area contributed by atoms with Crippen molar-refractivity contribution < 1.29 is 14.3 Å². The van der Waals surface area contributed by atoms with Gasteiger partial charge in [-0.25, -0.2) is 0 Å². The number of amides is 2. The summed E-state index contributed by atoms with van der Waals surface area (Å²) in [6.07, 6.45) is 6.59. The van der Waals surface area contributed by atoms with Crippen LogP contribution >= 0.6 is 0 Å². The number of anilines is 2. The number of carbonyl (C=O) groups excluding carboxylic acids is 2. The predicted molar refractivity (Wildman–Crippen MR) is 107 cm³/mol. The van der Waals surface area contributed by atoms with Crippen molar-refractivity contribution in [2.75, 3.05) is 23.9 Å². The van der Waals surface area contributed by atoms with Gasteiger partial charge in [-0.3, -0.25) is 9.59 Å². The van der Waals surface area contributed by atoms with Crippen molar-refractivity contribution in [1.82, 2.24) is 0 Å². The third-order valence-electron chi connectivity index (χ3n) is 4.61. The quantitative estimate of drug-likeness (QED) is 0.788. The average molecular weight is 364 g/mol. The number of carbonyl (C=O) groups is 2. The first kappa shape index (κ1) is 18.7. The molecular weight excluding hydrogens is 340 g/mol. The number of hydrogen-bond donors (Lipinski definition) is 1. The molecule has 2 amide bonds. The molecule has 0 fully saturated rings. The lowest BCUT2D eigenvalue weighted by Gasteiger charge is -2.27. The number of allylic oxidation sites excluding steroid dienone is 2. The van der Waals surface area contributed by atoms with Crippen molar-refractivity contribution in [2.45, 2.75) is 19.3 Å². The minimum atomic E-state index is -0.244. The molecule has 3 rings (SSSR count). The van der Waals surface area contributed by atoms with Crippen molar-refractivity contribution in [3.63, 3.8) is 0 Å². The summed E-state index contributed by atoms with van der Waals surface area (Å²) in [6.45, 7) is -0.0275. The molecule has 2 aromatic rings. The van der Waals surface area contributed by atoms with E-state index in [0.717, 1.165) is 24.9 Å². The molecule has 0 saturated carbocycles. The van der Waals surface area contributed by atoms with Crippen LogP contribution in [0.2, 0.25) is 0 Å². The van der Waals surface area contributed by atoms with Gasteiger partial charge < -0.3 is 15.0 Å². The summed E-state index contributed by atoms with van der Waals surface area (Å²) in [7, 11) is 1.58. The van der Waals surface area contributed by atoms with Gasteiger partial charge in [0.15, 0.2) is 0 Å². The molecule has 1 N–H and O–H groups in total. The Bertz CT molecular complexity index is 817. The van der Waals surface area contributed by atoms with Gasteiger partial charge in [-0.2, -0.15) is 0 Å². The second-order valence-electron chi connectivity index (χ2n) is 6.52.